The third-order valence-electron chi connectivity index (χ3n) is 11.3. The minimum Gasteiger partial charge on any atom is -0.208 e. The molecule has 11 rings (SSSR count). The van der Waals surface area contributed by atoms with Crippen LogP contribution >= 0.6 is 0 Å². The van der Waals surface area contributed by atoms with Crippen molar-refractivity contribution in [3.8, 4) is 95.9 Å². The molecule has 0 saturated carbocycles. The lowest BCUT2D eigenvalue weighted by molar-refractivity contribution is 1.07. The number of nitrogens with zero attached hydrogens (tertiary/aromatic N) is 4. The van der Waals surface area contributed by atoms with Gasteiger partial charge in [-0.15, -0.1) is 0 Å². The van der Waals surface area contributed by atoms with Crippen molar-refractivity contribution in [2.24, 2.45) is 0 Å². The summed E-state index contributed by atoms with van der Waals surface area (Å²) in [6.07, 6.45) is 0. The van der Waals surface area contributed by atoms with Gasteiger partial charge in [-0.1, -0.05) is 176 Å². The van der Waals surface area contributed by atoms with Gasteiger partial charge >= 0.3 is 0 Å². The Hall–Kier alpha value is -8.00. The van der Waals surface area contributed by atoms with Crippen LogP contribution in [0.3, 0.4) is 0 Å². The second-order valence-corrected chi connectivity index (χ2v) is 14.6. The summed E-state index contributed by atoms with van der Waals surface area (Å²) >= 11 is 0. The van der Waals surface area contributed by atoms with Crippen LogP contribution in [0.5, 0.6) is 0 Å². The molecule has 1 aliphatic carbocycles. The fourth-order valence-corrected chi connectivity index (χ4v) is 8.62. The number of nitriles is 1. The molecular formula is C54H32N4. The second-order valence-electron chi connectivity index (χ2n) is 14.6. The van der Waals surface area contributed by atoms with Gasteiger partial charge in [0, 0.05) is 16.7 Å². The van der Waals surface area contributed by atoms with Crippen molar-refractivity contribution in [2.45, 2.75) is 0 Å². The van der Waals surface area contributed by atoms with Crippen molar-refractivity contribution < 1.29 is 0 Å². The molecule has 268 valence electrons. The normalized spacial score (nSPS) is 11.4. The molecule has 9 aromatic carbocycles. The van der Waals surface area contributed by atoms with Gasteiger partial charge in [0.1, 0.15) is 0 Å². The molecule has 1 aliphatic rings. The lowest BCUT2D eigenvalue weighted by atomic mass is 9.85. The summed E-state index contributed by atoms with van der Waals surface area (Å²) in [5.74, 6) is 1.85. The Kier molecular flexibility index (Phi) is 7.84. The summed E-state index contributed by atoms with van der Waals surface area (Å²) in [4.78, 5) is 15.5. The Morgan fingerprint density at radius 1 is 0.293 bits per heavy atom. The van der Waals surface area contributed by atoms with E-state index in [4.69, 9.17) is 15.0 Å². The predicted molar refractivity (Wildman–Crippen MR) is 237 cm³/mol. The maximum Gasteiger partial charge on any atom is 0.164 e. The number of aromatic nitrogens is 3. The molecule has 1 heterocycles. The zero-order valence-electron chi connectivity index (χ0n) is 31.3. The van der Waals surface area contributed by atoms with Crippen LogP contribution < -0.4 is 0 Å². The molecule has 58 heavy (non-hydrogen) atoms. The zero-order chi connectivity index (χ0) is 38.6. The van der Waals surface area contributed by atoms with E-state index in [9.17, 15) is 5.26 Å². The molecule has 0 N–H and O–H groups in total. The fraction of sp³-hybridized carbons (Fsp3) is 0. The summed E-state index contributed by atoms with van der Waals surface area (Å²) in [7, 11) is 0. The second kappa shape index (κ2) is 13.6. The van der Waals surface area contributed by atoms with Crippen LogP contribution in [0, 0.1) is 11.3 Å². The van der Waals surface area contributed by atoms with Gasteiger partial charge in [0.2, 0.25) is 0 Å². The van der Waals surface area contributed by atoms with Gasteiger partial charge in [-0.25, -0.2) is 15.0 Å². The van der Waals surface area contributed by atoms with Crippen molar-refractivity contribution in [2.75, 3.05) is 0 Å². The predicted octanol–water partition coefficient (Wildman–Crippen LogP) is 13.7. The van der Waals surface area contributed by atoms with Gasteiger partial charge in [-0.2, -0.15) is 5.26 Å². The average Bonchev–Trinajstić information content (AvgIpc) is 3.63. The molecule has 0 aliphatic heterocycles. The van der Waals surface area contributed by atoms with Crippen molar-refractivity contribution >= 4 is 21.5 Å². The van der Waals surface area contributed by atoms with Gasteiger partial charge in [0.25, 0.3) is 0 Å². The van der Waals surface area contributed by atoms with E-state index in [1.54, 1.807) is 0 Å². The molecule has 4 heteroatoms. The third kappa shape index (κ3) is 5.49. The molecule has 0 spiro atoms. The SMILES string of the molecule is N#Cc1ccc(-c2ccccc2-c2ccc3c4c(ccc(-c5ccccc5-c5nc(-c6ccccc6)nc(-c6ccc7ccccc7c6)n5)c24)-c2ccccc2-3)cc1. The van der Waals surface area contributed by atoms with Crippen molar-refractivity contribution in [3.63, 3.8) is 0 Å². The Morgan fingerprint density at radius 2 is 0.724 bits per heavy atom. The lowest BCUT2D eigenvalue weighted by Crippen LogP contribution is -2.01. The molecular weight excluding hydrogens is 705 g/mol. The summed E-state index contributed by atoms with van der Waals surface area (Å²) in [6.45, 7) is 0. The molecule has 1 aromatic heterocycles. The molecule has 0 saturated heterocycles. The molecule has 10 aromatic rings. The Labute approximate surface area is 336 Å². The first kappa shape index (κ1) is 33.3. The first-order valence-electron chi connectivity index (χ1n) is 19.4. The van der Waals surface area contributed by atoms with E-state index < -0.39 is 0 Å². The monoisotopic (exact) mass is 736 g/mol. The highest BCUT2D eigenvalue weighted by atomic mass is 15.0. The highest BCUT2D eigenvalue weighted by Gasteiger charge is 2.27. The van der Waals surface area contributed by atoms with Gasteiger partial charge in [-0.3, -0.25) is 0 Å². The first-order chi connectivity index (χ1) is 28.7. The van der Waals surface area contributed by atoms with Crippen LogP contribution in [0.4, 0.5) is 0 Å². The topological polar surface area (TPSA) is 62.5 Å². The van der Waals surface area contributed by atoms with Crippen molar-refractivity contribution in [1.82, 2.24) is 15.0 Å². The van der Waals surface area contributed by atoms with Crippen LogP contribution in [0.1, 0.15) is 5.56 Å². The van der Waals surface area contributed by atoms with Crippen LogP contribution in [0.15, 0.2) is 194 Å². The van der Waals surface area contributed by atoms with Crippen LogP contribution in [-0.2, 0) is 0 Å². The highest BCUT2D eigenvalue weighted by molar-refractivity contribution is 6.23. The summed E-state index contributed by atoms with van der Waals surface area (Å²) in [5, 5.41) is 14.3. The molecule has 0 amide bonds. The quantitative estimate of drug-likeness (QED) is 0.170. The largest absolute Gasteiger partial charge is 0.208 e. The molecule has 0 radical (unpaired) electrons. The highest BCUT2D eigenvalue weighted by Crippen LogP contribution is 2.53. The minimum atomic E-state index is 0.610. The minimum absolute atomic E-state index is 0.610. The van der Waals surface area contributed by atoms with E-state index in [1.165, 1.54) is 38.4 Å². The van der Waals surface area contributed by atoms with E-state index in [-0.39, 0.29) is 0 Å². The Morgan fingerprint density at radius 3 is 1.31 bits per heavy atom. The summed E-state index contributed by atoms with van der Waals surface area (Å²) < 4.78 is 0. The van der Waals surface area contributed by atoms with Gasteiger partial charge < -0.3 is 0 Å². The van der Waals surface area contributed by atoms with Crippen LogP contribution in [0.25, 0.3) is 111 Å². The number of rotatable bonds is 6. The van der Waals surface area contributed by atoms with E-state index >= 15 is 0 Å². The van der Waals surface area contributed by atoms with Crippen LogP contribution in [-0.4, -0.2) is 15.0 Å². The van der Waals surface area contributed by atoms with Gasteiger partial charge in [0.15, 0.2) is 17.5 Å². The first-order valence-corrected chi connectivity index (χ1v) is 19.4. The van der Waals surface area contributed by atoms with E-state index in [0.717, 1.165) is 55.5 Å². The summed E-state index contributed by atoms with van der Waals surface area (Å²) in [5.41, 5.74) is 14.9. The van der Waals surface area contributed by atoms with Gasteiger partial charge in [-0.05, 0) is 95.4 Å². The number of benzene rings is 9. The standard InChI is InChI=1S/C54H32N4/c55-33-34-22-24-36(25-23-34)40-16-6-7-17-41(40)45-28-29-46-42-18-8-9-19-43(42)47-30-31-48(50(45)51(46)47)44-20-10-11-21-49(44)54-57-52(37-13-2-1-3-14-37)56-53(58-54)39-27-26-35-12-4-5-15-38(35)32-39/h1-32H. The molecule has 0 fully saturated rings. The van der Waals surface area contributed by atoms with Gasteiger partial charge in [0.05, 0.1) is 11.6 Å². The summed E-state index contributed by atoms with van der Waals surface area (Å²) in [6, 6.07) is 69.9. The van der Waals surface area contributed by atoms with Crippen molar-refractivity contribution in [3.05, 3.63) is 200 Å². The fourth-order valence-electron chi connectivity index (χ4n) is 8.62. The smallest absolute Gasteiger partial charge is 0.164 e. The Balaban J connectivity index is 1.17. The third-order valence-corrected chi connectivity index (χ3v) is 11.3. The molecule has 4 nitrogen and oxygen atoms in total. The zero-order valence-corrected chi connectivity index (χ0v) is 31.3. The van der Waals surface area contributed by atoms with Crippen molar-refractivity contribution in [1.29, 1.82) is 5.26 Å². The van der Waals surface area contributed by atoms with Crippen LogP contribution in [0.2, 0.25) is 0 Å². The lowest BCUT2D eigenvalue weighted by Gasteiger charge is -2.19. The number of hydrogen-bond donors (Lipinski definition) is 0. The maximum absolute atomic E-state index is 9.55. The van der Waals surface area contributed by atoms with E-state index in [1.807, 2.05) is 54.6 Å². The molecule has 0 unspecified atom stereocenters. The van der Waals surface area contributed by atoms with E-state index in [0.29, 0.717) is 23.0 Å². The average molecular weight is 737 g/mol. The number of fused-ring (bicyclic) bond motifs is 4. The van der Waals surface area contributed by atoms with E-state index in [2.05, 4.69) is 146 Å². The molecule has 0 bridgehead atoms. The Bertz CT molecular complexity index is 3260. The number of hydrogen-bond acceptors (Lipinski definition) is 4. The molecule has 0 atom stereocenters. The maximum atomic E-state index is 9.55.